The van der Waals surface area contributed by atoms with E-state index >= 15 is 0 Å². The second-order valence-electron chi connectivity index (χ2n) is 7.10. The predicted molar refractivity (Wildman–Crippen MR) is 107 cm³/mol. The summed E-state index contributed by atoms with van der Waals surface area (Å²) in [5.74, 6) is 0.850. The summed E-state index contributed by atoms with van der Waals surface area (Å²) in [4.78, 5) is 7.00. The van der Waals surface area contributed by atoms with E-state index in [1.54, 1.807) is 0 Å². The molecule has 1 aliphatic heterocycles. The van der Waals surface area contributed by atoms with E-state index in [1.807, 2.05) is 30.3 Å². The number of anilines is 1. The zero-order valence-electron chi connectivity index (χ0n) is 15.3. The van der Waals surface area contributed by atoms with Crippen molar-refractivity contribution >= 4 is 16.6 Å². The Morgan fingerprint density at radius 1 is 1.08 bits per heavy atom. The van der Waals surface area contributed by atoms with Crippen molar-refractivity contribution in [2.24, 2.45) is 7.05 Å². The minimum atomic E-state index is 0.850. The normalized spacial score (nSPS) is 15.3. The van der Waals surface area contributed by atoms with Gasteiger partial charge in [-0.15, -0.1) is 0 Å². The second-order valence-corrected chi connectivity index (χ2v) is 7.10. The molecule has 1 saturated heterocycles. The molecule has 1 aromatic carbocycles. The van der Waals surface area contributed by atoms with Crippen molar-refractivity contribution in [1.29, 1.82) is 0 Å². The van der Waals surface area contributed by atoms with Gasteiger partial charge in [0.15, 0.2) is 0 Å². The summed E-state index contributed by atoms with van der Waals surface area (Å²) in [5, 5.41) is 9.93. The number of fused-ring (bicyclic) bond motifs is 1. The number of nitrogens with zero attached hydrogens (tertiary/aromatic N) is 4. The average molecular weight is 347 g/mol. The SMILES string of the molecule is C=C(CN1CCCCC1)Nc1cc2cc(-c3cnn(C)c3)ccc2cn1. The maximum absolute atomic E-state index is 4.54. The molecule has 1 fully saturated rings. The largest absolute Gasteiger partial charge is 0.343 e. The van der Waals surface area contributed by atoms with Gasteiger partial charge in [0.2, 0.25) is 0 Å². The van der Waals surface area contributed by atoms with Crippen LogP contribution >= 0.6 is 0 Å². The first-order valence-electron chi connectivity index (χ1n) is 9.23. The molecule has 0 aliphatic carbocycles. The second kappa shape index (κ2) is 7.30. The van der Waals surface area contributed by atoms with Crippen LogP contribution in [0.2, 0.25) is 0 Å². The van der Waals surface area contributed by atoms with Crippen LogP contribution in [-0.2, 0) is 7.05 Å². The monoisotopic (exact) mass is 347 g/mol. The fourth-order valence-electron chi connectivity index (χ4n) is 3.57. The Morgan fingerprint density at radius 2 is 1.92 bits per heavy atom. The number of hydrogen-bond acceptors (Lipinski definition) is 4. The first-order chi connectivity index (χ1) is 12.7. The van der Waals surface area contributed by atoms with Crippen LogP contribution < -0.4 is 5.32 Å². The molecule has 0 spiro atoms. The molecule has 1 aliphatic rings. The van der Waals surface area contributed by atoms with E-state index in [9.17, 15) is 0 Å². The number of aryl methyl sites for hydroxylation is 1. The summed E-state index contributed by atoms with van der Waals surface area (Å²) >= 11 is 0. The summed E-state index contributed by atoms with van der Waals surface area (Å²) in [5.41, 5.74) is 3.28. The maximum Gasteiger partial charge on any atom is 0.130 e. The lowest BCUT2D eigenvalue weighted by Crippen LogP contribution is -2.32. The lowest BCUT2D eigenvalue weighted by Gasteiger charge is -2.27. The predicted octanol–water partition coefficient (Wildman–Crippen LogP) is 4.05. The summed E-state index contributed by atoms with van der Waals surface area (Å²) in [6, 6.07) is 8.50. The Balaban J connectivity index is 1.51. The minimum absolute atomic E-state index is 0.850. The van der Waals surface area contributed by atoms with Gasteiger partial charge in [0, 0.05) is 42.6 Å². The molecule has 134 valence electrons. The van der Waals surface area contributed by atoms with Gasteiger partial charge in [-0.1, -0.05) is 25.1 Å². The molecule has 0 bridgehead atoms. The van der Waals surface area contributed by atoms with Crippen LogP contribution in [0.4, 0.5) is 5.82 Å². The number of benzene rings is 1. The van der Waals surface area contributed by atoms with Gasteiger partial charge >= 0.3 is 0 Å². The number of nitrogens with one attached hydrogen (secondary N) is 1. The molecular formula is C21H25N5. The summed E-state index contributed by atoms with van der Waals surface area (Å²) in [7, 11) is 1.93. The Bertz CT molecular complexity index is 921. The van der Waals surface area contributed by atoms with Crippen molar-refractivity contribution in [3.63, 3.8) is 0 Å². The van der Waals surface area contributed by atoms with Gasteiger partial charge in [-0.25, -0.2) is 4.98 Å². The summed E-state index contributed by atoms with van der Waals surface area (Å²) in [6.07, 6.45) is 9.77. The molecule has 0 saturated carbocycles. The van der Waals surface area contributed by atoms with Crippen LogP contribution in [0.3, 0.4) is 0 Å². The van der Waals surface area contributed by atoms with Crippen molar-refractivity contribution < 1.29 is 0 Å². The average Bonchev–Trinajstić information content (AvgIpc) is 3.08. The van der Waals surface area contributed by atoms with Crippen LogP contribution in [-0.4, -0.2) is 39.3 Å². The third-order valence-electron chi connectivity index (χ3n) is 4.93. The van der Waals surface area contributed by atoms with Crippen LogP contribution in [0.25, 0.3) is 21.9 Å². The molecule has 1 N–H and O–H groups in total. The zero-order chi connectivity index (χ0) is 17.9. The van der Waals surface area contributed by atoms with Gasteiger partial charge < -0.3 is 5.32 Å². The third kappa shape index (κ3) is 3.78. The van der Waals surface area contributed by atoms with Gasteiger partial charge in [0.05, 0.1) is 6.20 Å². The molecular weight excluding hydrogens is 322 g/mol. The van der Waals surface area contributed by atoms with Crippen molar-refractivity contribution in [3.8, 4) is 11.1 Å². The zero-order valence-corrected chi connectivity index (χ0v) is 15.3. The molecule has 4 rings (SSSR count). The molecule has 0 amide bonds. The van der Waals surface area contributed by atoms with E-state index in [2.05, 4.69) is 51.1 Å². The highest BCUT2D eigenvalue weighted by molar-refractivity contribution is 5.88. The van der Waals surface area contributed by atoms with E-state index < -0.39 is 0 Å². The molecule has 0 atom stereocenters. The van der Waals surface area contributed by atoms with Gasteiger partial charge in [0.1, 0.15) is 5.82 Å². The third-order valence-corrected chi connectivity index (χ3v) is 4.93. The molecule has 2 aromatic heterocycles. The van der Waals surface area contributed by atoms with Crippen molar-refractivity contribution in [2.45, 2.75) is 19.3 Å². The van der Waals surface area contributed by atoms with E-state index in [4.69, 9.17) is 0 Å². The number of likely N-dealkylation sites (tertiary alicyclic amines) is 1. The highest BCUT2D eigenvalue weighted by Crippen LogP contribution is 2.25. The first-order valence-corrected chi connectivity index (χ1v) is 9.23. The highest BCUT2D eigenvalue weighted by atomic mass is 15.2. The molecule has 0 unspecified atom stereocenters. The van der Waals surface area contributed by atoms with E-state index in [0.717, 1.165) is 40.0 Å². The van der Waals surface area contributed by atoms with Crippen LogP contribution in [0.5, 0.6) is 0 Å². The Morgan fingerprint density at radius 3 is 2.69 bits per heavy atom. The molecule has 5 heteroatoms. The van der Waals surface area contributed by atoms with Crippen molar-refractivity contribution in [2.75, 3.05) is 25.0 Å². The minimum Gasteiger partial charge on any atom is -0.343 e. The standard InChI is InChI=1S/C21H25N5/c1-16(14-26-8-4-3-5-9-26)24-21-11-19-10-17(6-7-18(19)12-22-21)20-13-23-25(2)15-20/h6-7,10-13,15H,1,3-5,8-9,14H2,2H3,(H,22,24). The van der Waals surface area contributed by atoms with Crippen LogP contribution in [0.1, 0.15) is 19.3 Å². The fraction of sp³-hybridized carbons (Fsp3) is 0.333. The van der Waals surface area contributed by atoms with Gasteiger partial charge in [0.25, 0.3) is 0 Å². The number of aromatic nitrogens is 3. The van der Waals surface area contributed by atoms with Gasteiger partial charge in [-0.3, -0.25) is 9.58 Å². The maximum atomic E-state index is 4.54. The van der Waals surface area contributed by atoms with Crippen molar-refractivity contribution in [1.82, 2.24) is 19.7 Å². The molecule has 3 aromatic rings. The lowest BCUT2D eigenvalue weighted by molar-refractivity contribution is 0.247. The van der Waals surface area contributed by atoms with Crippen LogP contribution in [0.15, 0.2) is 55.1 Å². The van der Waals surface area contributed by atoms with E-state index in [0.29, 0.717) is 0 Å². The number of pyridine rings is 1. The first kappa shape index (κ1) is 16.8. The summed E-state index contributed by atoms with van der Waals surface area (Å²) in [6.45, 7) is 7.41. The van der Waals surface area contributed by atoms with Gasteiger partial charge in [-0.05, 0) is 49.0 Å². The lowest BCUT2D eigenvalue weighted by atomic mass is 10.1. The van der Waals surface area contributed by atoms with Gasteiger partial charge in [-0.2, -0.15) is 5.10 Å². The number of rotatable bonds is 5. The Labute approximate surface area is 154 Å². The Hall–Kier alpha value is -2.66. The fourth-order valence-corrected chi connectivity index (χ4v) is 3.57. The number of hydrogen-bond donors (Lipinski definition) is 1. The smallest absolute Gasteiger partial charge is 0.130 e. The topological polar surface area (TPSA) is 46.0 Å². The quantitative estimate of drug-likeness (QED) is 0.756. The van der Waals surface area contributed by atoms with Crippen molar-refractivity contribution in [3.05, 3.63) is 55.1 Å². The highest BCUT2D eigenvalue weighted by Gasteiger charge is 2.11. The van der Waals surface area contributed by atoms with Crippen LogP contribution in [0, 0.1) is 0 Å². The molecule has 3 heterocycles. The number of piperidine rings is 1. The Kier molecular flexibility index (Phi) is 4.71. The molecule has 26 heavy (non-hydrogen) atoms. The summed E-state index contributed by atoms with van der Waals surface area (Å²) < 4.78 is 1.82. The van der Waals surface area contributed by atoms with E-state index in [-0.39, 0.29) is 0 Å². The molecule has 5 nitrogen and oxygen atoms in total. The molecule has 0 radical (unpaired) electrons. The van der Waals surface area contributed by atoms with E-state index in [1.165, 1.54) is 32.4 Å².